The number of amides is 1. The molecule has 0 aliphatic carbocycles. The Kier molecular flexibility index (Phi) is 5.42. The lowest BCUT2D eigenvalue weighted by Crippen LogP contribution is -2.31. The van der Waals surface area contributed by atoms with Gasteiger partial charge in [0.25, 0.3) is 0 Å². The number of hydrogen-bond acceptors (Lipinski definition) is 3. The summed E-state index contributed by atoms with van der Waals surface area (Å²) in [6.07, 6.45) is 0.238. The van der Waals surface area contributed by atoms with Crippen LogP contribution >= 0.6 is 22.9 Å². The largest absolute Gasteiger partial charge is 0.283 e. The summed E-state index contributed by atoms with van der Waals surface area (Å²) in [6.45, 7) is 2.53. The number of rotatable bonds is 5. The lowest BCUT2D eigenvalue weighted by molar-refractivity contribution is -0.118. The molecule has 0 saturated carbocycles. The van der Waals surface area contributed by atoms with Crippen molar-refractivity contribution < 1.29 is 4.79 Å². The zero-order chi connectivity index (χ0) is 19.5. The molecule has 0 N–H and O–H groups in total. The van der Waals surface area contributed by atoms with Crippen LogP contribution in [0.1, 0.15) is 16.7 Å². The number of hydrogen-bond donors (Lipinski definition) is 0. The van der Waals surface area contributed by atoms with Gasteiger partial charge in [-0.25, -0.2) is 4.98 Å². The third-order valence-electron chi connectivity index (χ3n) is 4.55. The Morgan fingerprint density at radius 2 is 1.79 bits per heavy atom. The molecule has 28 heavy (non-hydrogen) atoms. The second-order valence-corrected chi connectivity index (χ2v) is 8.12. The van der Waals surface area contributed by atoms with Gasteiger partial charge in [0, 0.05) is 5.02 Å². The Morgan fingerprint density at radius 1 is 1.04 bits per heavy atom. The van der Waals surface area contributed by atoms with Crippen molar-refractivity contribution in [3.8, 4) is 0 Å². The molecule has 0 radical (unpaired) electrons. The molecule has 0 aliphatic rings. The summed E-state index contributed by atoms with van der Waals surface area (Å²) in [5.41, 5.74) is 3.98. The molecule has 3 aromatic carbocycles. The van der Waals surface area contributed by atoms with Gasteiger partial charge in [-0.2, -0.15) is 0 Å². The Morgan fingerprint density at radius 3 is 2.57 bits per heavy atom. The minimum absolute atomic E-state index is 0.0206. The molecule has 4 aromatic rings. The van der Waals surface area contributed by atoms with Crippen LogP contribution in [0.15, 0.2) is 72.8 Å². The summed E-state index contributed by atoms with van der Waals surface area (Å²) in [5, 5.41) is 1.32. The van der Waals surface area contributed by atoms with Crippen LogP contribution in [0.2, 0.25) is 5.02 Å². The van der Waals surface area contributed by atoms with Crippen LogP contribution in [0.5, 0.6) is 0 Å². The van der Waals surface area contributed by atoms with Crippen LogP contribution in [0, 0.1) is 6.92 Å². The first-order valence-electron chi connectivity index (χ1n) is 9.05. The smallest absolute Gasteiger partial charge is 0.233 e. The van der Waals surface area contributed by atoms with Crippen LogP contribution in [0.3, 0.4) is 0 Å². The third kappa shape index (κ3) is 4.08. The molecule has 1 aromatic heterocycles. The maximum atomic E-state index is 13.2. The van der Waals surface area contributed by atoms with Crippen molar-refractivity contribution in [2.75, 3.05) is 4.90 Å². The van der Waals surface area contributed by atoms with Gasteiger partial charge in [-0.15, -0.1) is 0 Å². The van der Waals surface area contributed by atoms with E-state index in [2.05, 4.69) is 13.0 Å². The van der Waals surface area contributed by atoms with Gasteiger partial charge >= 0.3 is 0 Å². The maximum absolute atomic E-state index is 13.2. The van der Waals surface area contributed by atoms with E-state index in [-0.39, 0.29) is 12.3 Å². The zero-order valence-electron chi connectivity index (χ0n) is 15.4. The first-order chi connectivity index (χ1) is 13.6. The summed E-state index contributed by atoms with van der Waals surface area (Å²) in [4.78, 5) is 19.7. The van der Waals surface area contributed by atoms with E-state index in [0.717, 1.165) is 21.3 Å². The monoisotopic (exact) mass is 406 g/mol. The average molecular weight is 407 g/mol. The number of nitrogens with zero attached hydrogens (tertiary/aromatic N) is 2. The van der Waals surface area contributed by atoms with Crippen molar-refractivity contribution in [1.29, 1.82) is 0 Å². The van der Waals surface area contributed by atoms with Gasteiger partial charge < -0.3 is 0 Å². The highest BCUT2D eigenvalue weighted by Gasteiger charge is 2.21. The number of halogens is 1. The molecule has 0 unspecified atom stereocenters. The van der Waals surface area contributed by atoms with E-state index in [9.17, 15) is 4.79 Å². The fourth-order valence-corrected chi connectivity index (χ4v) is 4.35. The van der Waals surface area contributed by atoms with E-state index in [1.807, 2.05) is 66.7 Å². The lowest BCUT2D eigenvalue weighted by atomic mass is 10.1. The Bertz CT molecular complexity index is 1120. The van der Waals surface area contributed by atoms with Crippen LogP contribution in [-0.4, -0.2) is 10.9 Å². The third-order valence-corrected chi connectivity index (χ3v) is 5.96. The zero-order valence-corrected chi connectivity index (χ0v) is 17.0. The van der Waals surface area contributed by atoms with E-state index < -0.39 is 0 Å². The van der Waals surface area contributed by atoms with Crippen LogP contribution in [0.25, 0.3) is 10.2 Å². The maximum Gasteiger partial charge on any atom is 0.233 e. The molecule has 1 amide bonds. The van der Waals surface area contributed by atoms with Gasteiger partial charge in [-0.1, -0.05) is 77.5 Å². The predicted molar refractivity (Wildman–Crippen MR) is 117 cm³/mol. The number of fused-ring (bicyclic) bond motifs is 1. The number of aryl methyl sites for hydroxylation is 1. The van der Waals surface area contributed by atoms with Gasteiger partial charge in [-0.3, -0.25) is 9.69 Å². The van der Waals surface area contributed by atoms with Gasteiger partial charge in [-0.05, 0) is 41.8 Å². The van der Waals surface area contributed by atoms with Gasteiger partial charge in [0.2, 0.25) is 5.91 Å². The fraction of sp³-hybridized carbons (Fsp3) is 0.130. The number of anilines is 1. The highest BCUT2D eigenvalue weighted by atomic mass is 35.5. The fourth-order valence-electron chi connectivity index (χ4n) is 3.06. The second kappa shape index (κ2) is 8.13. The Balaban J connectivity index is 1.70. The molecule has 0 fully saturated rings. The van der Waals surface area contributed by atoms with Crippen molar-refractivity contribution in [2.24, 2.45) is 0 Å². The van der Waals surface area contributed by atoms with Crippen molar-refractivity contribution in [2.45, 2.75) is 19.9 Å². The van der Waals surface area contributed by atoms with Gasteiger partial charge in [0.1, 0.15) is 0 Å². The van der Waals surface area contributed by atoms with Crippen LogP contribution < -0.4 is 4.90 Å². The molecule has 1 heterocycles. The summed E-state index contributed by atoms with van der Waals surface area (Å²) in [6, 6.07) is 23.6. The molecule has 0 bridgehead atoms. The minimum atomic E-state index is -0.0206. The van der Waals surface area contributed by atoms with Crippen LogP contribution in [-0.2, 0) is 17.8 Å². The summed E-state index contributed by atoms with van der Waals surface area (Å²) < 4.78 is 1.08. The molecule has 0 saturated heterocycles. The topological polar surface area (TPSA) is 33.2 Å². The predicted octanol–water partition coefficient (Wildman–Crippen LogP) is 6.03. The van der Waals surface area contributed by atoms with Crippen LogP contribution in [0.4, 0.5) is 5.13 Å². The van der Waals surface area contributed by atoms with Crippen molar-refractivity contribution in [3.05, 3.63) is 94.5 Å². The molecule has 140 valence electrons. The van der Waals surface area contributed by atoms with Crippen molar-refractivity contribution >= 4 is 44.2 Å². The number of carbonyl (C=O) groups is 1. The highest BCUT2D eigenvalue weighted by molar-refractivity contribution is 7.22. The minimum Gasteiger partial charge on any atom is -0.283 e. The molecule has 3 nitrogen and oxygen atoms in total. The highest BCUT2D eigenvalue weighted by Crippen LogP contribution is 2.31. The Hall–Kier alpha value is -2.69. The Labute approximate surface area is 173 Å². The van der Waals surface area contributed by atoms with E-state index >= 15 is 0 Å². The van der Waals surface area contributed by atoms with E-state index in [0.29, 0.717) is 16.7 Å². The summed E-state index contributed by atoms with van der Waals surface area (Å²) >= 11 is 7.82. The normalized spacial score (nSPS) is 10.9. The molecule has 0 aliphatic heterocycles. The second-order valence-electron chi connectivity index (χ2n) is 6.70. The number of aromatic nitrogens is 1. The quantitative estimate of drug-likeness (QED) is 0.405. The molecule has 0 atom stereocenters. The van der Waals surface area contributed by atoms with E-state index in [1.54, 1.807) is 16.2 Å². The van der Waals surface area contributed by atoms with E-state index in [4.69, 9.17) is 16.6 Å². The SMILES string of the molecule is Cc1ccc2nc(N(Cc3ccccc3)C(=O)Cc3ccccc3Cl)sc2c1. The first-order valence-corrected chi connectivity index (χ1v) is 10.2. The summed E-state index contributed by atoms with van der Waals surface area (Å²) in [5.74, 6) is -0.0206. The van der Waals surface area contributed by atoms with Crippen molar-refractivity contribution in [3.63, 3.8) is 0 Å². The molecule has 5 heteroatoms. The summed E-state index contributed by atoms with van der Waals surface area (Å²) in [7, 11) is 0. The molecule has 0 spiro atoms. The van der Waals surface area contributed by atoms with Gasteiger partial charge in [0.15, 0.2) is 5.13 Å². The number of benzene rings is 3. The molecular weight excluding hydrogens is 388 g/mol. The molecular formula is C23H19ClN2OS. The first kappa shape index (κ1) is 18.7. The molecule has 4 rings (SSSR count). The van der Waals surface area contributed by atoms with E-state index in [1.165, 1.54) is 5.56 Å². The lowest BCUT2D eigenvalue weighted by Gasteiger charge is -2.20. The number of thiazole rings is 1. The van der Waals surface area contributed by atoms with Gasteiger partial charge in [0.05, 0.1) is 23.2 Å². The average Bonchev–Trinajstić information content (AvgIpc) is 3.11. The number of carbonyl (C=O) groups excluding carboxylic acids is 1. The van der Waals surface area contributed by atoms with Crippen molar-refractivity contribution in [1.82, 2.24) is 4.98 Å². The standard InChI is InChI=1S/C23H19ClN2OS/c1-16-11-12-20-21(13-16)28-23(25-20)26(15-17-7-3-2-4-8-17)22(27)14-18-9-5-6-10-19(18)24/h2-13H,14-15H2,1H3.